The van der Waals surface area contributed by atoms with Crippen molar-refractivity contribution in [3.63, 3.8) is 0 Å². The van der Waals surface area contributed by atoms with Gasteiger partial charge in [-0.05, 0) is 26.7 Å². The fraction of sp³-hybridized carbons (Fsp3) is 0.545. The molecule has 74 valence electrons. The first-order valence-electron chi connectivity index (χ1n) is 4.64. The van der Waals surface area contributed by atoms with Crippen LogP contribution in [0.3, 0.4) is 0 Å². The molecule has 0 radical (unpaired) electrons. The summed E-state index contributed by atoms with van der Waals surface area (Å²) in [7, 11) is 0. The fourth-order valence-electron chi connectivity index (χ4n) is 1.22. The predicted octanol–water partition coefficient (Wildman–Crippen LogP) is 2.28. The average molecular weight is 181 g/mol. The lowest BCUT2D eigenvalue weighted by molar-refractivity contribution is -0.124. The summed E-state index contributed by atoms with van der Waals surface area (Å²) in [5.41, 5.74) is 1.04. The molecule has 2 heteroatoms. The smallest absolute Gasteiger partial charge is 0.223 e. The van der Waals surface area contributed by atoms with Crippen LogP contribution in [0.1, 0.15) is 26.7 Å². The van der Waals surface area contributed by atoms with E-state index in [1.54, 1.807) is 6.08 Å². The SMILES string of the molecule is C=CCC(CC(=C)C)C(=O)NCC. The van der Waals surface area contributed by atoms with Crippen LogP contribution in [0.2, 0.25) is 0 Å². The maximum absolute atomic E-state index is 11.5. The third kappa shape index (κ3) is 5.23. The number of amides is 1. The zero-order valence-electron chi connectivity index (χ0n) is 8.60. The Morgan fingerprint density at radius 2 is 2.23 bits per heavy atom. The first-order valence-corrected chi connectivity index (χ1v) is 4.64. The molecule has 0 aromatic heterocycles. The highest BCUT2D eigenvalue weighted by atomic mass is 16.1. The molecule has 0 heterocycles. The Morgan fingerprint density at radius 3 is 2.62 bits per heavy atom. The van der Waals surface area contributed by atoms with E-state index in [0.29, 0.717) is 6.54 Å². The normalized spacial score (nSPS) is 11.8. The summed E-state index contributed by atoms with van der Waals surface area (Å²) in [4.78, 5) is 11.5. The van der Waals surface area contributed by atoms with Crippen molar-refractivity contribution in [3.8, 4) is 0 Å². The van der Waals surface area contributed by atoms with Crippen LogP contribution in [0.5, 0.6) is 0 Å². The van der Waals surface area contributed by atoms with Crippen LogP contribution in [0.25, 0.3) is 0 Å². The molecule has 0 aliphatic rings. The second-order valence-corrected chi connectivity index (χ2v) is 3.28. The second-order valence-electron chi connectivity index (χ2n) is 3.28. The Balaban J connectivity index is 4.13. The number of hydrogen-bond donors (Lipinski definition) is 1. The molecule has 0 aliphatic heterocycles. The molecule has 13 heavy (non-hydrogen) atoms. The van der Waals surface area contributed by atoms with Crippen molar-refractivity contribution in [2.24, 2.45) is 5.92 Å². The maximum Gasteiger partial charge on any atom is 0.223 e. The van der Waals surface area contributed by atoms with Crippen LogP contribution < -0.4 is 5.32 Å². The largest absolute Gasteiger partial charge is 0.356 e. The number of carbonyl (C=O) groups is 1. The van der Waals surface area contributed by atoms with E-state index >= 15 is 0 Å². The summed E-state index contributed by atoms with van der Waals surface area (Å²) in [6, 6.07) is 0. The minimum absolute atomic E-state index is 0.00921. The lowest BCUT2D eigenvalue weighted by Gasteiger charge is -2.13. The molecule has 0 aromatic carbocycles. The molecule has 1 amide bonds. The molecule has 0 bridgehead atoms. The van der Waals surface area contributed by atoms with Crippen LogP contribution in [0.4, 0.5) is 0 Å². The monoisotopic (exact) mass is 181 g/mol. The van der Waals surface area contributed by atoms with E-state index in [9.17, 15) is 4.79 Å². The van der Waals surface area contributed by atoms with Crippen LogP contribution in [-0.2, 0) is 4.79 Å². The molecule has 1 atom stereocenters. The van der Waals surface area contributed by atoms with E-state index in [1.807, 2.05) is 13.8 Å². The van der Waals surface area contributed by atoms with Gasteiger partial charge in [0.2, 0.25) is 5.91 Å². The van der Waals surface area contributed by atoms with Crippen LogP contribution in [-0.4, -0.2) is 12.5 Å². The molecule has 0 rings (SSSR count). The molecule has 0 saturated carbocycles. The summed E-state index contributed by atoms with van der Waals surface area (Å²) < 4.78 is 0. The Hall–Kier alpha value is -1.05. The summed E-state index contributed by atoms with van der Waals surface area (Å²) in [6.45, 7) is 12.0. The Kier molecular flexibility index (Phi) is 5.94. The van der Waals surface area contributed by atoms with Gasteiger partial charge in [0.05, 0.1) is 0 Å². The van der Waals surface area contributed by atoms with Crippen molar-refractivity contribution in [2.45, 2.75) is 26.7 Å². The Morgan fingerprint density at radius 1 is 1.62 bits per heavy atom. The van der Waals surface area contributed by atoms with Crippen LogP contribution in [0.15, 0.2) is 24.8 Å². The quantitative estimate of drug-likeness (QED) is 0.626. The van der Waals surface area contributed by atoms with Gasteiger partial charge >= 0.3 is 0 Å². The second kappa shape index (κ2) is 6.46. The van der Waals surface area contributed by atoms with Gasteiger partial charge in [-0.1, -0.05) is 11.6 Å². The van der Waals surface area contributed by atoms with Gasteiger partial charge in [-0.25, -0.2) is 0 Å². The van der Waals surface area contributed by atoms with E-state index in [0.717, 1.165) is 18.4 Å². The van der Waals surface area contributed by atoms with Gasteiger partial charge in [0.25, 0.3) is 0 Å². The first-order chi connectivity index (χ1) is 6.11. The molecule has 1 N–H and O–H groups in total. The number of carbonyl (C=O) groups excluding carboxylic acids is 1. The predicted molar refractivity (Wildman–Crippen MR) is 56.4 cm³/mol. The van der Waals surface area contributed by atoms with Crippen molar-refractivity contribution in [1.82, 2.24) is 5.32 Å². The van der Waals surface area contributed by atoms with Crippen molar-refractivity contribution < 1.29 is 4.79 Å². The van der Waals surface area contributed by atoms with Crippen molar-refractivity contribution >= 4 is 5.91 Å². The number of nitrogens with one attached hydrogen (secondary N) is 1. The summed E-state index contributed by atoms with van der Waals surface area (Å²) in [6.07, 6.45) is 3.25. The molecular formula is C11H19NO. The number of hydrogen-bond acceptors (Lipinski definition) is 1. The number of rotatable bonds is 6. The topological polar surface area (TPSA) is 29.1 Å². The molecule has 2 nitrogen and oxygen atoms in total. The molecular weight excluding hydrogens is 162 g/mol. The lowest BCUT2D eigenvalue weighted by atomic mass is 9.97. The van der Waals surface area contributed by atoms with Gasteiger partial charge in [0, 0.05) is 12.5 Å². The van der Waals surface area contributed by atoms with E-state index in [1.165, 1.54) is 0 Å². The highest BCUT2D eigenvalue weighted by Gasteiger charge is 2.15. The highest BCUT2D eigenvalue weighted by molar-refractivity contribution is 5.79. The standard InChI is InChI=1S/C11H19NO/c1-5-7-10(8-9(3)4)11(13)12-6-2/h5,10H,1,3,6-8H2,2,4H3,(H,12,13). The molecule has 1 unspecified atom stereocenters. The lowest BCUT2D eigenvalue weighted by Crippen LogP contribution is -2.30. The highest BCUT2D eigenvalue weighted by Crippen LogP contribution is 2.14. The molecule has 0 aliphatic carbocycles. The summed E-state index contributed by atoms with van der Waals surface area (Å²) >= 11 is 0. The van der Waals surface area contributed by atoms with Gasteiger partial charge in [0.1, 0.15) is 0 Å². The van der Waals surface area contributed by atoms with E-state index in [2.05, 4.69) is 18.5 Å². The number of allylic oxidation sites excluding steroid dienone is 2. The third-order valence-electron chi connectivity index (χ3n) is 1.77. The molecule has 0 aromatic rings. The van der Waals surface area contributed by atoms with E-state index in [4.69, 9.17) is 0 Å². The zero-order valence-corrected chi connectivity index (χ0v) is 8.60. The third-order valence-corrected chi connectivity index (χ3v) is 1.77. The van der Waals surface area contributed by atoms with Gasteiger partial charge in [0.15, 0.2) is 0 Å². The van der Waals surface area contributed by atoms with Crippen molar-refractivity contribution in [2.75, 3.05) is 6.54 Å². The van der Waals surface area contributed by atoms with Gasteiger partial charge in [-0.3, -0.25) is 4.79 Å². The van der Waals surface area contributed by atoms with Gasteiger partial charge in [-0.2, -0.15) is 0 Å². The summed E-state index contributed by atoms with van der Waals surface area (Å²) in [5.74, 6) is 0.111. The average Bonchev–Trinajstić information content (AvgIpc) is 2.03. The Labute approximate surface area is 80.7 Å². The molecule has 0 saturated heterocycles. The van der Waals surface area contributed by atoms with Crippen molar-refractivity contribution in [3.05, 3.63) is 24.8 Å². The van der Waals surface area contributed by atoms with Crippen LogP contribution in [0, 0.1) is 5.92 Å². The maximum atomic E-state index is 11.5. The summed E-state index contributed by atoms with van der Waals surface area (Å²) in [5, 5.41) is 2.81. The minimum Gasteiger partial charge on any atom is -0.356 e. The minimum atomic E-state index is 0.00921. The fourth-order valence-corrected chi connectivity index (χ4v) is 1.22. The van der Waals surface area contributed by atoms with E-state index in [-0.39, 0.29) is 11.8 Å². The Bertz CT molecular complexity index is 196. The van der Waals surface area contributed by atoms with E-state index < -0.39 is 0 Å². The first kappa shape index (κ1) is 11.9. The zero-order chi connectivity index (χ0) is 10.3. The van der Waals surface area contributed by atoms with Gasteiger partial charge in [-0.15, -0.1) is 13.2 Å². The molecule has 0 fully saturated rings. The van der Waals surface area contributed by atoms with Gasteiger partial charge < -0.3 is 5.32 Å². The van der Waals surface area contributed by atoms with Crippen LogP contribution >= 0.6 is 0 Å². The molecule has 0 spiro atoms. The van der Waals surface area contributed by atoms with Crippen molar-refractivity contribution in [1.29, 1.82) is 0 Å².